The first-order chi connectivity index (χ1) is 7.69. The predicted octanol–water partition coefficient (Wildman–Crippen LogP) is 3.03. The molecule has 0 aliphatic rings. The van der Waals surface area contributed by atoms with Gasteiger partial charge in [0.25, 0.3) is 0 Å². The largest absolute Gasteiger partial charge is 0.309 e. The summed E-state index contributed by atoms with van der Waals surface area (Å²) < 4.78 is 25.8. The van der Waals surface area contributed by atoms with Crippen molar-refractivity contribution in [3.63, 3.8) is 0 Å². The van der Waals surface area contributed by atoms with Gasteiger partial charge in [-0.15, -0.1) is 12.3 Å². The van der Waals surface area contributed by atoms with Crippen LogP contribution in [0.4, 0.5) is 8.78 Å². The quantitative estimate of drug-likeness (QED) is 0.756. The third-order valence-electron chi connectivity index (χ3n) is 2.31. The van der Waals surface area contributed by atoms with Crippen LogP contribution in [0.2, 0.25) is 0 Å². The van der Waals surface area contributed by atoms with E-state index in [1.54, 1.807) is 6.07 Å². The van der Waals surface area contributed by atoms with E-state index in [4.69, 9.17) is 6.42 Å². The average molecular weight is 223 g/mol. The van der Waals surface area contributed by atoms with Gasteiger partial charge in [0.1, 0.15) is 0 Å². The molecule has 0 radical (unpaired) electrons. The van der Waals surface area contributed by atoms with Gasteiger partial charge in [0, 0.05) is 12.5 Å². The minimum atomic E-state index is -0.835. The van der Waals surface area contributed by atoms with Crippen molar-refractivity contribution in [3.8, 4) is 12.3 Å². The zero-order valence-corrected chi connectivity index (χ0v) is 9.26. The first-order valence-electron chi connectivity index (χ1n) is 5.30. The molecule has 0 aliphatic carbocycles. The van der Waals surface area contributed by atoms with Crippen molar-refractivity contribution in [2.24, 2.45) is 0 Å². The fourth-order valence-electron chi connectivity index (χ4n) is 1.47. The normalized spacial score (nSPS) is 12.1. The summed E-state index contributed by atoms with van der Waals surface area (Å²) in [6, 6.07) is 3.77. The lowest BCUT2D eigenvalue weighted by molar-refractivity contribution is 0.496. The highest BCUT2D eigenvalue weighted by atomic mass is 19.2. The molecular formula is C13H15F2N. The van der Waals surface area contributed by atoms with Crippen LogP contribution in [0.15, 0.2) is 18.2 Å². The molecule has 0 aromatic heterocycles. The summed E-state index contributed by atoms with van der Waals surface area (Å²) >= 11 is 0. The second-order valence-corrected chi connectivity index (χ2v) is 3.59. The number of halogens is 2. The van der Waals surface area contributed by atoms with Crippen molar-refractivity contribution in [2.45, 2.75) is 25.8 Å². The summed E-state index contributed by atoms with van der Waals surface area (Å²) in [5, 5.41) is 3.20. The molecule has 0 spiro atoms. The van der Waals surface area contributed by atoms with Crippen LogP contribution >= 0.6 is 0 Å². The fourth-order valence-corrected chi connectivity index (χ4v) is 1.47. The summed E-state index contributed by atoms with van der Waals surface area (Å²) in [4.78, 5) is 0. The lowest BCUT2D eigenvalue weighted by Gasteiger charge is -2.16. The Kier molecular flexibility index (Phi) is 4.94. The van der Waals surface area contributed by atoms with Crippen LogP contribution in [-0.4, -0.2) is 6.54 Å². The maximum absolute atomic E-state index is 13.0. The first kappa shape index (κ1) is 12.7. The highest BCUT2D eigenvalue weighted by Crippen LogP contribution is 2.18. The highest BCUT2D eigenvalue weighted by Gasteiger charge is 2.11. The number of benzene rings is 1. The Morgan fingerprint density at radius 2 is 2.12 bits per heavy atom. The van der Waals surface area contributed by atoms with Gasteiger partial charge in [-0.3, -0.25) is 0 Å². The Morgan fingerprint density at radius 1 is 1.38 bits per heavy atom. The van der Waals surface area contributed by atoms with Crippen LogP contribution in [0.3, 0.4) is 0 Å². The molecule has 1 nitrogen and oxygen atoms in total. The van der Waals surface area contributed by atoms with Gasteiger partial charge in [0.2, 0.25) is 0 Å². The molecule has 0 amide bonds. The van der Waals surface area contributed by atoms with E-state index in [9.17, 15) is 8.78 Å². The van der Waals surface area contributed by atoms with E-state index in [1.807, 2.05) is 6.92 Å². The van der Waals surface area contributed by atoms with Crippen molar-refractivity contribution < 1.29 is 8.78 Å². The lowest BCUT2D eigenvalue weighted by atomic mass is 10.0. The zero-order chi connectivity index (χ0) is 12.0. The van der Waals surface area contributed by atoms with E-state index < -0.39 is 11.6 Å². The van der Waals surface area contributed by atoms with Gasteiger partial charge in [-0.2, -0.15) is 0 Å². The average Bonchev–Trinajstić information content (AvgIpc) is 2.28. The standard InChI is InChI=1S/C13H15F2N/c1-3-5-13(16-8-4-2)10-6-7-11(14)12(15)9-10/h1,6-7,9,13,16H,4-5,8H2,2H3. The minimum Gasteiger partial charge on any atom is -0.309 e. The molecule has 86 valence electrons. The molecule has 0 bridgehead atoms. The van der Waals surface area contributed by atoms with Crippen molar-refractivity contribution in [1.29, 1.82) is 0 Å². The summed E-state index contributed by atoms with van der Waals surface area (Å²) in [6.07, 6.45) is 6.68. The number of rotatable bonds is 5. The fraction of sp³-hybridized carbons (Fsp3) is 0.385. The van der Waals surface area contributed by atoms with Crippen LogP contribution in [0.25, 0.3) is 0 Å². The third-order valence-corrected chi connectivity index (χ3v) is 2.31. The first-order valence-corrected chi connectivity index (χ1v) is 5.30. The topological polar surface area (TPSA) is 12.0 Å². The van der Waals surface area contributed by atoms with Crippen molar-refractivity contribution in [2.75, 3.05) is 6.54 Å². The van der Waals surface area contributed by atoms with Gasteiger partial charge in [-0.25, -0.2) is 8.78 Å². The number of nitrogens with one attached hydrogen (secondary N) is 1. The van der Waals surface area contributed by atoms with Crippen LogP contribution in [0, 0.1) is 24.0 Å². The third kappa shape index (κ3) is 3.32. The molecular weight excluding hydrogens is 208 g/mol. The molecule has 0 saturated heterocycles. The van der Waals surface area contributed by atoms with Crippen molar-refractivity contribution >= 4 is 0 Å². The smallest absolute Gasteiger partial charge is 0.159 e. The van der Waals surface area contributed by atoms with Crippen molar-refractivity contribution in [1.82, 2.24) is 5.32 Å². The van der Waals surface area contributed by atoms with Gasteiger partial charge in [0.15, 0.2) is 11.6 Å². The molecule has 0 fully saturated rings. The van der Waals surface area contributed by atoms with E-state index in [1.165, 1.54) is 6.07 Å². The Labute approximate surface area is 94.9 Å². The van der Waals surface area contributed by atoms with Crippen molar-refractivity contribution in [3.05, 3.63) is 35.4 Å². The minimum absolute atomic E-state index is 0.111. The van der Waals surface area contributed by atoms with Crippen LogP contribution in [0.5, 0.6) is 0 Å². The van der Waals surface area contributed by atoms with Crippen LogP contribution in [0.1, 0.15) is 31.4 Å². The molecule has 0 heterocycles. The summed E-state index contributed by atoms with van der Waals surface area (Å²) in [5.74, 6) is 0.861. The Morgan fingerprint density at radius 3 is 2.69 bits per heavy atom. The molecule has 3 heteroatoms. The highest BCUT2D eigenvalue weighted by molar-refractivity contribution is 5.22. The maximum atomic E-state index is 13.0. The molecule has 0 saturated carbocycles. The molecule has 1 unspecified atom stereocenters. The Bertz CT molecular complexity index is 382. The molecule has 1 N–H and O–H groups in total. The molecule has 0 aliphatic heterocycles. The molecule has 1 aromatic carbocycles. The van der Waals surface area contributed by atoms with E-state index in [0.717, 1.165) is 19.0 Å². The van der Waals surface area contributed by atoms with E-state index in [0.29, 0.717) is 12.0 Å². The summed E-state index contributed by atoms with van der Waals surface area (Å²) in [5.41, 5.74) is 0.685. The lowest BCUT2D eigenvalue weighted by Crippen LogP contribution is -2.21. The second-order valence-electron chi connectivity index (χ2n) is 3.59. The maximum Gasteiger partial charge on any atom is 0.159 e. The van der Waals surface area contributed by atoms with E-state index >= 15 is 0 Å². The number of terminal acetylenes is 1. The SMILES string of the molecule is C#CCC(NCCC)c1ccc(F)c(F)c1. The monoisotopic (exact) mass is 223 g/mol. The van der Waals surface area contributed by atoms with E-state index in [2.05, 4.69) is 11.2 Å². The number of hydrogen-bond acceptors (Lipinski definition) is 1. The Balaban J connectivity index is 2.84. The molecule has 1 atom stereocenters. The van der Waals surface area contributed by atoms with Gasteiger partial charge in [-0.1, -0.05) is 13.0 Å². The van der Waals surface area contributed by atoms with E-state index in [-0.39, 0.29) is 6.04 Å². The van der Waals surface area contributed by atoms with Crippen LogP contribution in [-0.2, 0) is 0 Å². The summed E-state index contributed by atoms with van der Waals surface area (Å²) in [6.45, 7) is 2.83. The molecule has 1 aromatic rings. The summed E-state index contributed by atoms with van der Waals surface area (Å²) in [7, 11) is 0. The van der Waals surface area contributed by atoms with Crippen LogP contribution < -0.4 is 5.32 Å². The molecule has 1 rings (SSSR count). The van der Waals surface area contributed by atoms with Gasteiger partial charge < -0.3 is 5.32 Å². The van der Waals surface area contributed by atoms with Gasteiger partial charge in [0.05, 0.1) is 0 Å². The van der Waals surface area contributed by atoms with Gasteiger partial charge in [-0.05, 0) is 30.7 Å². The zero-order valence-electron chi connectivity index (χ0n) is 9.26. The second kappa shape index (κ2) is 6.24. The van der Waals surface area contributed by atoms with Gasteiger partial charge >= 0.3 is 0 Å². The predicted molar refractivity (Wildman–Crippen MR) is 60.8 cm³/mol. The Hall–Kier alpha value is -1.40. The molecule has 16 heavy (non-hydrogen) atoms. The number of hydrogen-bond donors (Lipinski definition) is 1.